The standard InChI is InChI=1S/C14H21NO2/c1-11-5-6-13(17-2)12(9-11)15-10-14(16)7-3-4-8-14/h5-6,9,15-16H,3-4,7-8,10H2,1-2H3. The van der Waals surface area contributed by atoms with E-state index in [9.17, 15) is 5.11 Å². The third-order valence-electron chi connectivity index (χ3n) is 3.50. The van der Waals surface area contributed by atoms with Gasteiger partial charge >= 0.3 is 0 Å². The number of rotatable bonds is 4. The highest BCUT2D eigenvalue weighted by atomic mass is 16.5. The first-order valence-corrected chi connectivity index (χ1v) is 6.24. The Morgan fingerprint density at radius 1 is 1.35 bits per heavy atom. The van der Waals surface area contributed by atoms with Gasteiger partial charge < -0.3 is 15.2 Å². The molecule has 2 N–H and O–H groups in total. The van der Waals surface area contributed by atoms with E-state index in [0.717, 1.165) is 37.1 Å². The fourth-order valence-electron chi connectivity index (χ4n) is 2.43. The molecule has 1 aromatic rings. The smallest absolute Gasteiger partial charge is 0.141 e. The molecule has 0 heterocycles. The van der Waals surface area contributed by atoms with Crippen LogP contribution in [-0.4, -0.2) is 24.4 Å². The van der Waals surface area contributed by atoms with Gasteiger partial charge in [0.1, 0.15) is 5.75 Å². The summed E-state index contributed by atoms with van der Waals surface area (Å²) in [5.41, 5.74) is 1.62. The molecule has 1 aliphatic carbocycles. The molecule has 0 aromatic heterocycles. The third kappa shape index (κ3) is 2.91. The Balaban J connectivity index is 2.05. The molecule has 0 atom stereocenters. The average molecular weight is 235 g/mol. The van der Waals surface area contributed by atoms with E-state index in [4.69, 9.17) is 4.74 Å². The summed E-state index contributed by atoms with van der Waals surface area (Å²) in [6.45, 7) is 2.65. The van der Waals surface area contributed by atoms with Gasteiger partial charge in [-0.25, -0.2) is 0 Å². The molecule has 0 radical (unpaired) electrons. The highest BCUT2D eigenvalue weighted by Gasteiger charge is 2.30. The summed E-state index contributed by atoms with van der Waals surface area (Å²) in [4.78, 5) is 0. The van der Waals surface area contributed by atoms with Crippen LogP contribution in [-0.2, 0) is 0 Å². The van der Waals surface area contributed by atoms with Crippen LogP contribution in [0.5, 0.6) is 5.75 Å². The molecule has 1 aromatic carbocycles. The number of ether oxygens (including phenoxy) is 1. The minimum atomic E-state index is -0.533. The predicted molar refractivity (Wildman–Crippen MR) is 69.6 cm³/mol. The second-order valence-electron chi connectivity index (χ2n) is 4.99. The Bertz CT molecular complexity index is 384. The summed E-state index contributed by atoms with van der Waals surface area (Å²) in [6.07, 6.45) is 4.05. The molecule has 3 nitrogen and oxygen atoms in total. The molecule has 0 bridgehead atoms. The van der Waals surface area contributed by atoms with Gasteiger partial charge in [0.15, 0.2) is 0 Å². The highest BCUT2D eigenvalue weighted by molar-refractivity contribution is 5.58. The second-order valence-corrected chi connectivity index (χ2v) is 4.99. The fraction of sp³-hybridized carbons (Fsp3) is 0.571. The van der Waals surface area contributed by atoms with Crippen molar-refractivity contribution in [3.8, 4) is 5.75 Å². The minimum Gasteiger partial charge on any atom is -0.495 e. The van der Waals surface area contributed by atoms with Crippen LogP contribution in [0.2, 0.25) is 0 Å². The molecule has 0 saturated heterocycles. The lowest BCUT2D eigenvalue weighted by molar-refractivity contribution is 0.0614. The van der Waals surface area contributed by atoms with Crippen molar-refractivity contribution in [3.63, 3.8) is 0 Å². The SMILES string of the molecule is COc1ccc(C)cc1NCC1(O)CCCC1. The molecule has 1 fully saturated rings. The van der Waals surface area contributed by atoms with Gasteiger partial charge in [0.25, 0.3) is 0 Å². The van der Waals surface area contributed by atoms with Gasteiger partial charge in [0.05, 0.1) is 18.4 Å². The molecule has 0 amide bonds. The van der Waals surface area contributed by atoms with Crippen molar-refractivity contribution in [1.29, 1.82) is 0 Å². The van der Waals surface area contributed by atoms with Gasteiger partial charge in [-0.2, -0.15) is 0 Å². The van der Waals surface area contributed by atoms with E-state index >= 15 is 0 Å². The Morgan fingerprint density at radius 2 is 2.06 bits per heavy atom. The monoisotopic (exact) mass is 235 g/mol. The number of anilines is 1. The van der Waals surface area contributed by atoms with Crippen LogP contribution >= 0.6 is 0 Å². The van der Waals surface area contributed by atoms with E-state index in [1.165, 1.54) is 5.56 Å². The maximum Gasteiger partial charge on any atom is 0.141 e. The van der Waals surface area contributed by atoms with Crippen molar-refractivity contribution >= 4 is 5.69 Å². The Morgan fingerprint density at radius 3 is 2.71 bits per heavy atom. The van der Waals surface area contributed by atoms with Crippen molar-refractivity contribution in [2.24, 2.45) is 0 Å². The van der Waals surface area contributed by atoms with E-state index in [0.29, 0.717) is 6.54 Å². The number of benzene rings is 1. The van der Waals surface area contributed by atoms with Gasteiger partial charge in [0.2, 0.25) is 0 Å². The molecule has 94 valence electrons. The van der Waals surface area contributed by atoms with Crippen molar-refractivity contribution in [2.75, 3.05) is 19.0 Å². The Kier molecular flexibility index (Phi) is 3.57. The minimum absolute atomic E-state index is 0.533. The van der Waals surface area contributed by atoms with Crippen LogP contribution in [0.15, 0.2) is 18.2 Å². The van der Waals surface area contributed by atoms with Crippen molar-refractivity contribution in [3.05, 3.63) is 23.8 Å². The number of methoxy groups -OCH3 is 1. The van der Waals surface area contributed by atoms with E-state index in [2.05, 4.69) is 18.3 Å². The zero-order chi connectivity index (χ0) is 12.3. The van der Waals surface area contributed by atoms with Crippen molar-refractivity contribution in [2.45, 2.75) is 38.2 Å². The molecular formula is C14H21NO2. The first-order chi connectivity index (χ1) is 8.13. The molecule has 1 saturated carbocycles. The van der Waals surface area contributed by atoms with Crippen LogP contribution < -0.4 is 10.1 Å². The highest BCUT2D eigenvalue weighted by Crippen LogP contribution is 2.31. The third-order valence-corrected chi connectivity index (χ3v) is 3.50. The van der Waals surface area contributed by atoms with E-state index in [1.54, 1.807) is 7.11 Å². The lowest BCUT2D eigenvalue weighted by Crippen LogP contribution is -2.33. The van der Waals surface area contributed by atoms with E-state index in [1.807, 2.05) is 12.1 Å². The van der Waals surface area contributed by atoms with E-state index < -0.39 is 5.60 Å². The van der Waals surface area contributed by atoms with Crippen LogP contribution in [0, 0.1) is 6.92 Å². The molecule has 3 heteroatoms. The van der Waals surface area contributed by atoms with Gasteiger partial charge in [-0.05, 0) is 37.5 Å². The number of nitrogens with one attached hydrogen (secondary N) is 1. The maximum absolute atomic E-state index is 10.3. The molecule has 2 rings (SSSR count). The second kappa shape index (κ2) is 4.96. The van der Waals surface area contributed by atoms with Gasteiger partial charge in [0, 0.05) is 6.54 Å². The predicted octanol–water partition coefficient (Wildman–Crippen LogP) is 2.72. The van der Waals surface area contributed by atoms with Crippen LogP contribution in [0.1, 0.15) is 31.2 Å². The molecule has 0 aliphatic heterocycles. The van der Waals surface area contributed by atoms with Gasteiger partial charge in [-0.1, -0.05) is 18.9 Å². The van der Waals surface area contributed by atoms with Crippen molar-refractivity contribution < 1.29 is 9.84 Å². The number of hydrogen-bond donors (Lipinski definition) is 2. The van der Waals surface area contributed by atoms with Gasteiger partial charge in [-0.15, -0.1) is 0 Å². The topological polar surface area (TPSA) is 41.5 Å². The molecule has 1 aliphatic rings. The normalized spacial score (nSPS) is 18.1. The summed E-state index contributed by atoms with van der Waals surface area (Å²) < 4.78 is 5.30. The summed E-state index contributed by atoms with van der Waals surface area (Å²) in [6, 6.07) is 6.03. The van der Waals surface area contributed by atoms with Crippen LogP contribution in [0.4, 0.5) is 5.69 Å². The summed E-state index contributed by atoms with van der Waals surface area (Å²) in [7, 11) is 1.67. The lowest BCUT2D eigenvalue weighted by Gasteiger charge is -2.23. The average Bonchev–Trinajstić information content (AvgIpc) is 2.74. The number of aryl methyl sites for hydroxylation is 1. The van der Waals surface area contributed by atoms with Crippen LogP contribution in [0.3, 0.4) is 0 Å². The molecule has 0 spiro atoms. The fourth-order valence-corrected chi connectivity index (χ4v) is 2.43. The van der Waals surface area contributed by atoms with Crippen LogP contribution in [0.25, 0.3) is 0 Å². The Hall–Kier alpha value is -1.22. The van der Waals surface area contributed by atoms with Crippen molar-refractivity contribution in [1.82, 2.24) is 0 Å². The summed E-state index contributed by atoms with van der Waals surface area (Å²) in [5, 5.41) is 13.6. The van der Waals surface area contributed by atoms with E-state index in [-0.39, 0.29) is 0 Å². The molecule has 0 unspecified atom stereocenters. The lowest BCUT2D eigenvalue weighted by atomic mass is 10.0. The zero-order valence-electron chi connectivity index (χ0n) is 10.6. The number of hydrogen-bond acceptors (Lipinski definition) is 3. The number of aliphatic hydroxyl groups is 1. The quantitative estimate of drug-likeness (QED) is 0.843. The summed E-state index contributed by atoms with van der Waals surface area (Å²) >= 11 is 0. The summed E-state index contributed by atoms with van der Waals surface area (Å²) in [5.74, 6) is 0.831. The Labute approximate surface area is 103 Å². The first kappa shape index (κ1) is 12.2. The van der Waals surface area contributed by atoms with Gasteiger partial charge in [-0.3, -0.25) is 0 Å². The molecule has 17 heavy (non-hydrogen) atoms. The first-order valence-electron chi connectivity index (χ1n) is 6.24. The molecular weight excluding hydrogens is 214 g/mol. The largest absolute Gasteiger partial charge is 0.495 e. The zero-order valence-corrected chi connectivity index (χ0v) is 10.6. The maximum atomic E-state index is 10.3.